The van der Waals surface area contributed by atoms with Gasteiger partial charge in [-0.15, -0.1) is 0 Å². The summed E-state index contributed by atoms with van der Waals surface area (Å²) in [6, 6.07) is 9.06. The first kappa shape index (κ1) is 15.3. The molecule has 0 bridgehead atoms. The summed E-state index contributed by atoms with van der Waals surface area (Å²) >= 11 is 1.48. The van der Waals surface area contributed by atoms with E-state index in [4.69, 9.17) is 5.73 Å². The number of amides is 1. The Bertz CT molecular complexity index is 625. The minimum Gasteiger partial charge on any atom is -0.399 e. The molecule has 0 aliphatic carbocycles. The second-order valence-corrected chi connectivity index (χ2v) is 5.77. The summed E-state index contributed by atoms with van der Waals surface area (Å²) in [5.41, 5.74) is 8.89. The van der Waals surface area contributed by atoms with Crippen molar-refractivity contribution in [2.24, 2.45) is 0 Å². The van der Waals surface area contributed by atoms with Gasteiger partial charge in [-0.1, -0.05) is 17.8 Å². The molecule has 0 spiro atoms. The number of aryl methyl sites for hydroxylation is 2. The number of nitrogens with one attached hydrogen (secondary N) is 1. The van der Waals surface area contributed by atoms with Gasteiger partial charge in [0.1, 0.15) is 0 Å². The van der Waals surface area contributed by atoms with Gasteiger partial charge >= 0.3 is 0 Å². The summed E-state index contributed by atoms with van der Waals surface area (Å²) in [6.45, 7) is 3.87. The Morgan fingerprint density at radius 3 is 2.62 bits per heavy atom. The maximum atomic E-state index is 11.8. The van der Waals surface area contributed by atoms with Gasteiger partial charge in [-0.3, -0.25) is 4.79 Å². The predicted molar refractivity (Wildman–Crippen MR) is 86.3 cm³/mol. The molecule has 0 radical (unpaired) electrons. The van der Waals surface area contributed by atoms with E-state index >= 15 is 0 Å². The standard InChI is InChI=1S/C15H18N4OS/c1-10-8-11(2)18-15(17-10)21-7-6-14(20)19-13-5-3-4-12(16)9-13/h3-5,8-9H,6-7,16H2,1-2H3,(H,19,20). The molecule has 1 aromatic carbocycles. The maximum absolute atomic E-state index is 11.8. The summed E-state index contributed by atoms with van der Waals surface area (Å²) in [6.07, 6.45) is 0.399. The van der Waals surface area contributed by atoms with E-state index in [1.165, 1.54) is 11.8 Å². The molecule has 0 fully saturated rings. The molecule has 0 aliphatic rings. The number of nitrogen functional groups attached to an aromatic ring is 1. The first-order valence-corrected chi connectivity index (χ1v) is 7.62. The van der Waals surface area contributed by atoms with Gasteiger partial charge in [-0.2, -0.15) is 0 Å². The van der Waals surface area contributed by atoms with E-state index in [2.05, 4.69) is 15.3 Å². The molecule has 6 heteroatoms. The number of benzene rings is 1. The molecule has 0 unspecified atom stereocenters. The Morgan fingerprint density at radius 2 is 1.95 bits per heavy atom. The number of rotatable bonds is 5. The SMILES string of the molecule is Cc1cc(C)nc(SCCC(=O)Nc2cccc(N)c2)n1. The molecule has 0 aliphatic heterocycles. The number of hydrogen-bond donors (Lipinski definition) is 2. The quantitative estimate of drug-likeness (QED) is 0.504. The van der Waals surface area contributed by atoms with Gasteiger partial charge < -0.3 is 11.1 Å². The summed E-state index contributed by atoms with van der Waals surface area (Å²) < 4.78 is 0. The largest absolute Gasteiger partial charge is 0.399 e. The normalized spacial score (nSPS) is 10.4. The van der Waals surface area contributed by atoms with Gasteiger partial charge in [-0.25, -0.2) is 9.97 Å². The van der Waals surface area contributed by atoms with Crippen LogP contribution >= 0.6 is 11.8 Å². The van der Waals surface area contributed by atoms with Gasteiger partial charge in [0.25, 0.3) is 0 Å². The summed E-state index contributed by atoms with van der Waals surface area (Å²) in [4.78, 5) is 20.5. The topological polar surface area (TPSA) is 80.9 Å². The molecule has 2 rings (SSSR count). The second kappa shape index (κ2) is 7.08. The van der Waals surface area contributed by atoms with E-state index in [9.17, 15) is 4.79 Å². The molecular weight excluding hydrogens is 284 g/mol. The third kappa shape index (κ3) is 5.07. The number of aromatic nitrogens is 2. The van der Waals surface area contributed by atoms with Crippen LogP contribution in [0.3, 0.4) is 0 Å². The summed E-state index contributed by atoms with van der Waals surface area (Å²) in [5.74, 6) is 0.592. The Hall–Kier alpha value is -2.08. The first-order chi connectivity index (χ1) is 10.0. The lowest BCUT2D eigenvalue weighted by molar-refractivity contribution is -0.115. The zero-order valence-electron chi connectivity index (χ0n) is 12.1. The van der Waals surface area contributed by atoms with Crippen LogP contribution < -0.4 is 11.1 Å². The van der Waals surface area contributed by atoms with E-state index < -0.39 is 0 Å². The maximum Gasteiger partial charge on any atom is 0.225 e. The van der Waals surface area contributed by atoms with Crippen LogP contribution in [-0.2, 0) is 4.79 Å². The van der Waals surface area contributed by atoms with Crippen LogP contribution in [0.25, 0.3) is 0 Å². The molecule has 1 heterocycles. The minimum atomic E-state index is -0.0440. The van der Waals surface area contributed by atoms with Crippen LogP contribution in [0, 0.1) is 13.8 Å². The van der Waals surface area contributed by atoms with E-state index in [-0.39, 0.29) is 5.91 Å². The average molecular weight is 302 g/mol. The molecule has 21 heavy (non-hydrogen) atoms. The van der Waals surface area contributed by atoms with E-state index in [0.29, 0.717) is 28.7 Å². The number of carbonyl (C=O) groups is 1. The third-order valence-electron chi connectivity index (χ3n) is 2.69. The smallest absolute Gasteiger partial charge is 0.225 e. The highest BCUT2D eigenvalue weighted by molar-refractivity contribution is 7.99. The highest BCUT2D eigenvalue weighted by Crippen LogP contribution is 2.16. The van der Waals surface area contributed by atoms with Crippen molar-refractivity contribution in [3.8, 4) is 0 Å². The van der Waals surface area contributed by atoms with Crippen LogP contribution in [0.1, 0.15) is 17.8 Å². The van der Waals surface area contributed by atoms with Crippen LogP contribution in [0.4, 0.5) is 11.4 Å². The van der Waals surface area contributed by atoms with Crippen molar-refractivity contribution in [3.05, 3.63) is 41.7 Å². The number of nitrogens with two attached hydrogens (primary N) is 1. The number of nitrogens with zero attached hydrogens (tertiary/aromatic N) is 2. The van der Waals surface area contributed by atoms with Gasteiger partial charge in [-0.05, 0) is 38.1 Å². The Labute approximate surface area is 128 Å². The Balaban J connectivity index is 1.81. The molecular formula is C15H18N4OS. The number of anilines is 2. The molecule has 5 nitrogen and oxygen atoms in total. The highest BCUT2D eigenvalue weighted by atomic mass is 32.2. The van der Waals surface area contributed by atoms with Crippen LogP contribution in [-0.4, -0.2) is 21.6 Å². The molecule has 0 saturated carbocycles. The molecule has 0 saturated heterocycles. The van der Waals surface area contributed by atoms with Crippen LogP contribution in [0.5, 0.6) is 0 Å². The van der Waals surface area contributed by atoms with Crippen molar-refractivity contribution >= 4 is 29.0 Å². The van der Waals surface area contributed by atoms with Crippen molar-refractivity contribution in [1.29, 1.82) is 0 Å². The molecule has 2 aromatic rings. The van der Waals surface area contributed by atoms with Gasteiger partial charge in [0.2, 0.25) is 5.91 Å². The third-order valence-corrected chi connectivity index (χ3v) is 3.54. The van der Waals surface area contributed by atoms with Crippen molar-refractivity contribution in [2.75, 3.05) is 16.8 Å². The van der Waals surface area contributed by atoms with Crippen LogP contribution in [0.2, 0.25) is 0 Å². The van der Waals surface area contributed by atoms with Crippen molar-refractivity contribution < 1.29 is 4.79 Å². The van der Waals surface area contributed by atoms with E-state index in [0.717, 1.165) is 11.4 Å². The van der Waals surface area contributed by atoms with Crippen LogP contribution in [0.15, 0.2) is 35.5 Å². The summed E-state index contributed by atoms with van der Waals surface area (Å²) in [5, 5.41) is 3.53. The zero-order chi connectivity index (χ0) is 15.2. The Morgan fingerprint density at radius 1 is 1.24 bits per heavy atom. The molecule has 110 valence electrons. The van der Waals surface area contributed by atoms with Crippen molar-refractivity contribution in [2.45, 2.75) is 25.4 Å². The molecule has 1 aromatic heterocycles. The minimum absolute atomic E-state index is 0.0440. The lowest BCUT2D eigenvalue weighted by atomic mass is 10.3. The molecule has 1 amide bonds. The highest BCUT2D eigenvalue weighted by Gasteiger charge is 2.05. The first-order valence-electron chi connectivity index (χ1n) is 6.63. The lowest BCUT2D eigenvalue weighted by Crippen LogP contribution is -2.12. The van der Waals surface area contributed by atoms with Gasteiger partial charge in [0.15, 0.2) is 5.16 Å². The number of thioether (sulfide) groups is 1. The van der Waals surface area contributed by atoms with Gasteiger partial charge in [0, 0.05) is 34.9 Å². The Kier molecular flexibility index (Phi) is 5.16. The van der Waals surface area contributed by atoms with Crippen molar-refractivity contribution in [3.63, 3.8) is 0 Å². The average Bonchev–Trinajstić information content (AvgIpc) is 2.37. The monoisotopic (exact) mass is 302 g/mol. The number of carbonyl (C=O) groups excluding carboxylic acids is 1. The lowest BCUT2D eigenvalue weighted by Gasteiger charge is -2.06. The predicted octanol–water partition coefficient (Wildman–Crippen LogP) is 2.80. The van der Waals surface area contributed by atoms with E-state index in [1.807, 2.05) is 32.0 Å². The fraction of sp³-hybridized carbons (Fsp3) is 0.267. The molecule has 3 N–H and O–H groups in total. The zero-order valence-corrected chi connectivity index (χ0v) is 12.9. The van der Waals surface area contributed by atoms with Crippen molar-refractivity contribution in [1.82, 2.24) is 9.97 Å². The summed E-state index contributed by atoms with van der Waals surface area (Å²) in [7, 11) is 0. The number of hydrogen-bond acceptors (Lipinski definition) is 5. The second-order valence-electron chi connectivity index (χ2n) is 4.71. The van der Waals surface area contributed by atoms with Gasteiger partial charge in [0.05, 0.1) is 0 Å². The van der Waals surface area contributed by atoms with E-state index in [1.54, 1.807) is 12.1 Å². The fourth-order valence-corrected chi connectivity index (χ4v) is 2.72. The molecule has 0 atom stereocenters. The fourth-order valence-electron chi connectivity index (χ4n) is 1.83.